The molecule has 0 saturated carbocycles. The Bertz CT molecular complexity index is 954. The third-order valence-electron chi connectivity index (χ3n) is 5.69. The van der Waals surface area contributed by atoms with Gasteiger partial charge >= 0.3 is 12.0 Å². The number of amides is 2. The zero-order valence-corrected chi connectivity index (χ0v) is 18.1. The smallest absolute Gasteiger partial charge is 0.337 e. The van der Waals surface area contributed by atoms with E-state index in [1.54, 1.807) is 18.3 Å². The van der Waals surface area contributed by atoms with Crippen molar-refractivity contribution in [2.75, 3.05) is 19.7 Å². The maximum Gasteiger partial charge on any atom is 0.337 e. The van der Waals surface area contributed by atoms with Crippen LogP contribution in [0.4, 0.5) is 4.79 Å². The van der Waals surface area contributed by atoms with Crippen molar-refractivity contribution in [2.45, 2.75) is 38.8 Å². The molecule has 0 bridgehead atoms. The van der Waals surface area contributed by atoms with Crippen molar-refractivity contribution in [3.05, 3.63) is 69.1 Å². The summed E-state index contributed by atoms with van der Waals surface area (Å²) >= 11 is 1.80. The van der Waals surface area contributed by atoms with Crippen molar-refractivity contribution in [2.24, 2.45) is 0 Å². The molecule has 2 amide bonds. The molecule has 2 atom stereocenters. The summed E-state index contributed by atoms with van der Waals surface area (Å²) in [5.41, 5.74) is 3.69. The van der Waals surface area contributed by atoms with Crippen molar-refractivity contribution in [3.8, 4) is 0 Å². The van der Waals surface area contributed by atoms with E-state index in [9.17, 15) is 9.59 Å². The highest BCUT2D eigenvalue weighted by Gasteiger charge is 2.35. The Morgan fingerprint density at radius 3 is 2.77 bits per heavy atom. The van der Waals surface area contributed by atoms with E-state index in [-0.39, 0.29) is 24.1 Å². The number of rotatable bonds is 6. The van der Waals surface area contributed by atoms with Gasteiger partial charge in [-0.1, -0.05) is 37.3 Å². The first kappa shape index (κ1) is 20.6. The summed E-state index contributed by atoms with van der Waals surface area (Å²) in [4.78, 5) is 28.8. The van der Waals surface area contributed by atoms with Crippen LogP contribution < -0.4 is 10.6 Å². The molecule has 6 nitrogen and oxygen atoms in total. The number of hydrogen-bond acceptors (Lipinski definition) is 5. The predicted octanol–water partition coefficient (Wildman–Crippen LogP) is 3.60. The molecule has 30 heavy (non-hydrogen) atoms. The Morgan fingerprint density at radius 1 is 1.23 bits per heavy atom. The van der Waals surface area contributed by atoms with Gasteiger partial charge in [-0.3, -0.25) is 4.90 Å². The number of urea groups is 1. The molecule has 0 fully saturated rings. The fourth-order valence-electron chi connectivity index (χ4n) is 4.35. The maximum absolute atomic E-state index is 12.7. The second-order valence-corrected chi connectivity index (χ2v) is 8.51. The van der Waals surface area contributed by atoms with Crippen LogP contribution in [0.15, 0.2) is 53.0 Å². The van der Waals surface area contributed by atoms with E-state index >= 15 is 0 Å². The van der Waals surface area contributed by atoms with Crippen molar-refractivity contribution in [3.63, 3.8) is 0 Å². The molecule has 2 aliphatic rings. The Labute approximate surface area is 180 Å². The number of hydrogen-bond donors (Lipinski definition) is 2. The fraction of sp³-hybridized carbons (Fsp3) is 0.391. The van der Waals surface area contributed by atoms with E-state index in [1.165, 1.54) is 16.0 Å². The van der Waals surface area contributed by atoms with E-state index in [2.05, 4.69) is 51.2 Å². The predicted molar refractivity (Wildman–Crippen MR) is 117 cm³/mol. The summed E-state index contributed by atoms with van der Waals surface area (Å²) in [5, 5.41) is 7.89. The van der Waals surface area contributed by atoms with Crippen LogP contribution in [0.2, 0.25) is 0 Å². The van der Waals surface area contributed by atoms with Gasteiger partial charge in [-0.05, 0) is 42.3 Å². The SMILES string of the molecule is CCOC(=O)C1=C(CN2CCc3sccc3C2c2ccccc2)NC(=O)NC1CC. The zero-order valence-electron chi connectivity index (χ0n) is 17.3. The van der Waals surface area contributed by atoms with Crippen LogP contribution in [0.5, 0.6) is 0 Å². The Hall–Kier alpha value is -2.64. The topological polar surface area (TPSA) is 70.7 Å². The summed E-state index contributed by atoms with van der Waals surface area (Å²) < 4.78 is 5.32. The molecule has 0 saturated heterocycles. The van der Waals surface area contributed by atoms with Gasteiger partial charge < -0.3 is 15.4 Å². The molecule has 158 valence electrons. The monoisotopic (exact) mass is 425 g/mol. The van der Waals surface area contributed by atoms with Crippen LogP contribution in [0, 0.1) is 0 Å². The number of nitrogens with one attached hydrogen (secondary N) is 2. The van der Waals surface area contributed by atoms with Gasteiger partial charge in [-0.15, -0.1) is 11.3 Å². The normalized spacial score (nSPS) is 21.6. The second kappa shape index (κ2) is 9.02. The number of benzene rings is 1. The molecule has 0 radical (unpaired) electrons. The lowest BCUT2D eigenvalue weighted by Gasteiger charge is -2.38. The molecule has 3 heterocycles. The number of carbonyl (C=O) groups is 2. The second-order valence-electron chi connectivity index (χ2n) is 7.50. The van der Waals surface area contributed by atoms with Gasteiger partial charge in [0.2, 0.25) is 0 Å². The van der Waals surface area contributed by atoms with E-state index in [0.717, 1.165) is 13.0 Å². The molecule has 4 rings (SSSR count). The lowest BCUT2D eigenvalue weighted by molar-refractivity contribution is -0.139. The molecule has 2 aromatic rings. The van der Waals surface area contributed by atoms with Crippen molar-refractivity contribution >= 4 is 23.3 Å². The number of fused-ring (bicyclic) bond motifs is 1. The first-order valence-electron chi connectivity index (χ1n) is 10.4. The van der Waals surface area contributed by atoms with E-state index < -0.39 is 0 Å². The van der Waals surface area contributed by atoms with Crippen LogP contribution in [-0.4, -0.2) is 42.6 Å². The Balaban J connectivity index is 1.72. The first-order chi connectivity index (χ1) is 14.6. The van der Waals surface area contributed by atoms with Crippen LogP contribution in [-0.2, 0) is 16.0 Å². The van der Waals surface area contributed by atoms with Crippen LogP contribution in [0.3, 0.4) is 0 Å². The van der Waals surface area contributed by atoms with Crippen LogP contribution in [0.1, 0.15) is 42.3 Å². The molecular weight excluding hydrogens is 398 g/mol. The van der Waals surface area contributed by atoms with Crippen LogP contribution in [0.25, 0.3) is 0 Å². The number of nitrogens with zero attached hydrogens (tertiary/aromatic N) is 1. The minimum atomic E-state index is -0.364. The molecule has 1 aromatic heterocycles. The van der Waals surface area contributed by atoms with E-state index in [4.69, 9.17) is 4.74 Å². The number of thiophene rings is 1. The summed E-state index contributed by atoms with van der Waals surface area (Å²) in [6.07, 6.45) is 1.59. The lowest BCUT2D eigenvalue weighted by atomic mass is 9.92. The molecule has 0 spiro atoms. The van der Waals surface area contributed by atoms with Gasteiger partial charge in [0.15, 0.2) is 0 Å². The molecule has 2 aliphatic heterocycles. The van der Waals surface area contributed by atoms with Crippen molar-refractivity contribution < 1.29 is 14.3 Å². The Morgan fingerprint density at radius 2 is 2.03 bits per heavy atom. The molecule has 7 heteroatoms. The molecule has 2 N–H and O–H groups in total. The van der Waals surface area contributed by atoms with E-state index in [0.29, 0.717) is 30.8 Å². The van der Waals surface area contributed by atoms with Crippen molar-refractivity contribution in [1.82, 2.24) is 15.5 Å². The summed E-state index contributed by atoms with van der Waals surface area (Å²) in [6.45, 7) is 5.38. The summed E-state index contributed by atoms with van der Waals surface area (Å²) in [7, 11) is 0. The fourth-order valence-corrected chi connectivity index (χ4v) is 5.26. The summed E-state index contributed by atoms with van der Waals surface area (Å²) in [5.74, 6) is -0.364. The Kier molecular flexibility index (Phi) is 6.20. The minimum Gasteiger partial charge on any atom is -0.463 e. The van der Waals surface area contributed by atoms with Gasteiger partial charge in [0.1, 0.15) is 0 Å². The molecule has 0 aliphatic carbocycles. The largest absolute Gasteiger partial charge is 0.463 e. The highest BCUT2D eigenvalue weighted by molar-refractivity contribution is 7.10. The van der Waals surface area contributed by atoms with E-state index in [1.807, 2.05) is 13.0 Å². The zero-order chi connectivity index (χ0) is 21.1. The quantitative estimate of drug-likeness (QED) is 0.694. The lowest BCUT2D eigenvalue weighted by Crippen LogP contribution is -2.52. The average molecular weight is 426 g/mol. The summed E-state index contributed by atoms with van der Waals surface area (Å²) in [6, 6.07) is 12.1. The molecule has 1 aromatic carbocycles. The maximum atomic E-state index is 12.7. The first-order valence-corrected chi connectivity index (χ1v) is 11.3. The standard InChI is InChI=1S/C23H27N3O3S/c1-3-17-20(22(27)29-4-2)18(25-23(28)24-17)14-26-12-10-19-16(11-13-30-19)21(26)15-8-6-5-7-9-15/h5-9,11,13,17,21H,3-4,10,12,14H2,1-2H3,(H2,24,25,28). The highest BCUT2D eigenvalue weighted by atomic mass is 32.1. The van der Waals surface area contributed by atoms with Crippen molar-refractivity contribution in [1.29, 1.82) is 0 Å². The van der Waals surface area contributed by atoms with Gasteiger partial charge in [-0.2, -0.15) is 0 Å². The van der Waals surface area contributed by atoms with Gasteiger partial charge in [0, 0.05) is 23.7 Å². The van der Waals surface area contributed by atoms with Gasteiger partial charge in [0.25, 0.3) is 0 Å². The third-order valence-corrected chi connectivity index (χ3v) is 6.69. The minimum absolute atomic E-state index is 0.0870. The number of esters is 1. The highest BCUT2D eigenvalue weighted by Crippen LogP contribution is 2.38. The number of ether oxygens (including phenoxy) is 1. The average Bonchev–Trinajstić information content (AvgIpc) is 3.22. The van der Waals surface area contributed by atoms with Gasteiger partial charge in [-0.25, -0.2) is 9.59 Å². The van der Waals surface area contributed by atoms with Gasteiger partial charge in [0.05, 0.1) is 24.3 Å². The third kappa shape index (κ3) is 4.00. The molecular formula is C23H27N3O3S. The van der Waals surface area contributed by atoms with Crippen LogP contribution >= 0.6 is 11.3 Å². The molecule has 2 unspecified atom stereocenters. The number of carbonyl (C=O) groups excluding carboxylic acids is 2.